The molecule has 1 aromatic carbocycles. The Bertz CT molecular complexity index is 958. The van der Waals surface area contributed by atoms with E-state index < -0.39 is 0 Å². The van der Waals surface area contributed by atoms with E-state index in [0.717, 1.165) is 54.5 Å². The number of aromatic nitrogens is 3. The number of amides is 1. The molecule has 1 fully saturated rings. The van der Waals surface area contributed by atoms with Gasteiger partial charge in [-0.1, -0.05) is 18.2 Å². The molecule has 7 nitrogen and oxygen atoms in total. The lowest BCUT2D eigenvalue weighted by Crippen LogP contribution is -2.49. The lowest BCUT2D eigenvalue weighted by molar-refractivity contribution is -0.117. The molecule has 2 aromatic heterocycles. The highest BCUT2D eigenvalue weighted by atomic mass is 16.2. The van der Waals surface area contributed by atoms with Crippen molar-refractivity contribution in [3.63, 3.8) is 0 Å². The maximum Gasteiger partial charge on any atom is 0.238 e. The summed E-state index contributed by atoms with van der Waals surface area (Å²) in [5.41, 5.74) is 3.98. The van der Waals surface area contributed by atoms with E-state index in [0.29, 0.717) is 6.54 Å². The molecule has 1 N–H and O–H groups in total. The molecule has 4 rings (SSSR count). The second-order valence-corrected chi connectivity index (χ2v) is 7.07. The van der Waals surface area contributed by atoms with Gasteiger partial charge in [-0.05, 0) is 43.2 Å². The van der Waals surface area contributed by atoms with Crippen LogP contribution in [0.25, 0.3) is 5.65 Å². The molecule has 3 aromatic rings. The Kier molecular flexibility index (Phi) is 4.77. The second-order valence-electron chi connectivity index (χ2n) is 7.07. The second kappa shape index (κ2) is 7.36. The van der Waals surface area contributed by atoms with Gasteiger partial charge in [0.15, 0.2) is 5.65 Å². The van der Waals surface area contributed by atoms with Crippen LogP contribution in [0.3, 0.4) is 0 Å². The van der Waals surface area contributed by atoms with Gasteiger partial charge in [-0.3, -0.25) is 14.1 Å². The number of rotatable bonds is 4. The molecule has 0 unspecified atom stereocenters. The van der Waals surface area contributed by atoms with Crippen molar-refractivity contribution in [2.24, 2.45) is 0 Å². The van der Waals surface area contributed by atoms with Crippen molar-refractivity contribution in [2.45, 2.75) is 13.8 Å². The van der Waals surface area contributed by atoms with Crippen molar-refractivity contribution in [3.05, 3.63) is 53.9 Å². The van der Waals surface area contributed by atoms with Crippen molar-refractivity contribution in [3.8, 4) is 0 Å². The molecule has 0 spiro atoms. The summed E-state index contributed by atoms with van der Waals surface area (Å²) in [4.78, 5) is 17.0. The molecular weight excluding hydrogens is 340 g/mol. The van der Waals surface area contributed by atoms with Crippen LogP contribution >= 0.6 is 0 Å². The summed E-state index contributed by atoms with van der Waals surface area (Å²) in [5.74, 6) is 1.13. The summed E-state index contributed by atoms with van der Waals surface area (Å²) in [7, 11) is 0. The monoisotopic (exact) mass is 364 g/mol. The highest BCUT2D eigenvalue weighted by Crippen LogP contribution is 2.18. The van der Waals surface area contributed by atoms with Crippen LogP contribution in [-0.4, -0.2) is 58.1 Å². The lowest BCUT2D eigenvalue weighted by atomic mass is 10.1. The largest absolute Gasteiger partial charge is 0.355 e. The average molecular weight is 364 g/mol. The Morgan fingerprint density at radius 3 is 2.74 bits per heavy atom. The molecule has 7 heteroatoms. The molecule has 140 valence electrons. The van der Waals surface area contributed by atoms with Gasteiger partial charge in [-0.2, -0.15) is 0 Å². The number of pyridine rings is 1. The Balaban J connectivity index is 1.35. The van der Waals surface area contributed by atoms with Crippen molar-refractivity contribution < 1.29 is 4.79 Å². The fourth-order valence-corrected chi connectivity index (χ4v) is 3.49. The standard InChI is InChI=1S/C20H24N6O/c1-15-6-7-16(2)17(12-15)22-19(27)13-24-8-10-25(11-9-24)20-5-3-4-18-23-21-14-26(18)20/h3-7,12,14H,8-11,13H2,1-2H3,(H,22,27). The SMILES string of the molecule is Cc1ccc(C)c(NC(=O)CN2CCN(c3cccc4nncn34)CC2)c1. The average Bonchev–Trinajstić information content (AvgIpc) is 3.14. The normalized spacial score (nSPS) is 15.3. The fourth-order valence-electron chi connectivity index (χ4n) is 3.49. The van der Waals surface area contributed by atoms with E-state index in [2.05, 4.69) is 37.4 Å². The minimum absolute atomic E-state index is 0.0399. The van der Waals surface area contributed by atoms with Gasteiger partial charge < -0.3 is 10.2 Å². The van der Waals surface area contributed by atoms with Gasteiger partial charge in [0.2, 0.25) is 5.91 Å². The van der Waals surface area contributed by atoms with Crippen LogP contribution in [-0.2, 0) is 4.79 Å². The summed E-state index contributed by atoms with van der Waals surface area (Å²) in [6.45, 7) is 7.89. The van der Waals surface area contributed by atoms with Gasteiger partial charge in [-0.15, -0.1) is 10.2 Å². The predicted octanol–water partition coefficient (Wildman–Crippen LogP) is 2.11. The zero-order chi connectivity index (χ0) is 18.8. The first kappa shape index (κ1) is 17.5. The van der Waals surface area contributed by atoms with Gasteiger partial charge in [0.05, 0.1) is 6.54 Å². The number of benzene rings is 1. The van der Waals surface area contributed by atoms with Crippen LogP contribution in [0.5, 0.6) is 0 Å². The number of nitrogens with zero attached hydrogens (tertiary/aromatic N) is 5. The van der Waals surface area contributed by atoms with Crippen LogP contribution in [0.4, 0.5) is 11.5 Å². The minimum atomic E-state index is 0.0399. The van der Waals surface area contributed by atoms with Gasteiger partial charge in [0.1, 0.15) is 12.1 Å². The first-order chi connectivity index (χ1) is 13.1. The van der Waals surface area contributed by atoms with Crippen LogP contribution in [0.1, 0.15) is 11.1 Å². The molecule has 0 radical (unpaired) electrons. The number of hydrogen-bond donors (Lipinski definition) is 1. The first-order valence-corrected chi connectivity index (χ1v) is 9.23. The number of carbonyl (C=O) groups is 1. The van der Waals surface area contributed by atoms with Gasteiger partial charge >= 0.3 is 0 Å². The number of nitrogens with one attached hydrogen (secondary N) is 1. The third-order valence-corrected chi connectivity index (χ3v) is 5.04. The molecule has 1 aliphatic heterocycles. The third-order valence-electron chi connectivity index (χ3n) is 5.04. The molecule has 0 aliphatic carbocycles. The quantitative estimate of drug-likeness (QED) is 0.768. The molecule has 1 saturated heterocycles. The van der Waals surface area contributed by atoms with Crippen molar-refractivity contribution in [1.82, 2.24) is 19.5 Å². The molecule has 1 amide bonds. The molecule has 3 heterocycles. The minimum Gasteiger partial charge on any atom is -0.355 e. The molecule has 0 saturated carbocycles. The summed E-state index contributed by atoms with van der Waals surface area (Å²) in [5, 5.41) is 11.1. The summed E-state index contributed by atoms with van der Waals surface area (Å²) >= 11 is 0. The fraction of sp³-hybridized carbons (Fsp3) is 0.350. The lowest BCUT2D eigenvalue weighted by Gasteiger charge is -2.35. The smallest absolute Gasteiger partial charge is 0.238 e. The topological polar surface area (TPSA) is 65.8 Å². The number of fused-ring (bicyclic) bond motifs is 1. The van der Waals surface area contributed by atoms with Crippen LogP contribution < -0.4 is 10.2 Å². The molecule has 0 bridgehead atoms. The van der Waals surface area contributed by atoms with Crippen molar-refractivity contribution in [1.29, 1.82) is 0 Å². The molecule has 1 aliphatic rings. The maximum absolute atomic E-state index is 12.4. The Hall–Kier alpha value is -2.93. The maximum atomic E-state index is 12.4. The van der Waals surface area contributed by atoms with E-state index in [1.807, 2.05) is 42.5 Å². The van der Waals surface area contributed by atoms with Crippen LogP contribution in [0, 0.1) is 13.8 Å². The first-order valence-electron chi connectivity index (χ1n) is 9.23. The van der Waals surface area contributed by atoms with E-state index in [1.165, 1.54) is 0 Å². The van der Waals surface area contributed by atoms with E-state index >= 15 is 0 Å². The number of carbonyl (C=O) groups excluding carboxylic acids is 1. The molecule has 27 heavy (non-hydrogen) atoms. The van der Waals surface area contributed by atoms with E-state index in [9.17, 15) is 4.79 Å². The number of hydrogen-bond acceptors (Lipinski definition) is 5. The third kappa shape index (κ3) is 3.78. The van der Waals surface area contributed by atoms with Crippen LogP contribution in [0.2, 0.25) is 0 Å². The highest BCUT2D eigenvalue weighted by molar-refractivity contribution is 5.93. The Labute approximate surface area is 158 Å². The summed E-state index contributed by atoms with van der Waals surface area (Å²) in [6, 6.07) is 12.1. The summed E-state index contributed by atoms with van der Waals surface area (Å²) in [6.07, 6.45) is 1.74. The van der Waals surface area contributed by atoms with Gasteiger partial charge in [0.25, 0.3) is 0 Å². The number of aryl methyl sites for hydroxylation is 2. The predicted molar refractivity (Wildman–Crippen MR) is 106 cm³/mol. The van der Waals surface area contributed by atoms with Gasteiger partial charge in [0, 0.05) is 31.9 Å². The van der Waals surface area contributed by atoms with Gasteiger partial charge in [-0.25, -0.2) is 0 Å². The number of piperazine rings is 1. The van der Waals surface area contributed by atoms with Crippen molar-refractivity contribution >= 4 is 23.1 Å². The van der Waals surface area contributed by atoms with Crippen LogP contribution in [0.15, 0.2) is 42.7 Å². The van der Waals surface area contributed by atoms with Crippen molar-refractivity contribution in [2.75, 3.05) is 42.9 Å². The van der Waals surface area contributed by atoms with E-state index in [4.69, 9.17) is 0 Å². The Morgan fingerprint density at radius 1 is 1.11 bits per heavy atom. The van der Waals surface area contributed by atoms with E-state index in [-0.39, 0.29) is 5.91 Å². The number of anilines is 2. The van der Waals surface area contributed by atoms with E-state index in [1.54, 1.807) is 6.33 Å². The molecule has 0 atom stereocenters. The summed E-state index contributed by atoms with van der Waals surface area (Å²) < 4.78 is 2.00. The zero-order valence-corrected chi connectivity index (χ0v) is 15.7. The zero-order valence-electron chi connectivity index (χ0n) is 15.7. The highest BCUT2D eigenvalue weighted by Gasteiger charge is 2.21. The molecular formula is C20H24N6O. The Morgan fingerprint density at radius 2 is 1.93 bits per heavy atom.